The summed E-state index contributed by atoms with van der Waals surface area (Å²) in [6.07, 6.45) is 2.68. The number of anilines is 2. The molecule has 0 aliphatic carbocycles. The van der Waals surface area contributed by atoms with Gasteiger partial charge in [0.2, 0.25) is 11.8 Å². The third-order valence-corrected chi connectivity index (χ3v) is 7.21. The van der Waals surface area contributed by atoms with E-state index in [0.717, 1.165) is 35.3 Å². The van der Waals surface area contributed by atoms with Gasteiger partial charge >= 0.3 is 0 Å². The number of nitrogens with zero attached hydrogens (tertiary/aromatic N) is 2. The number of hydrogen-bond acceptors (Lipinski definition) is 5. The minimum Gasteiger partial charge on any atom is -0.338 e. The number of thiazole rings is 1. The van der Waals surface area contributed by atoms with Crippen molar-refractivity contribution in [3.8, 4) is 11.3 Å². The van der Waals surface area contributed by atoms with Crippen LogP contribution < -0.4 is 10.6 Å². The van der Waals surface area contributed by atoms with Gasteiger partial charge in [-0.05, 0) is 61.2 Å². The maximum Gasteiger partial charge on any atom is 0.253 e. The average Bonchev–Trinajstić information content (AvgIpc) is 3.32. The van der Waals surface area contributed by atoms with Gasteiger partial charge in [-0.1, -0.05) is 17.7 Å². The molecular weight excluding hydrogens is 472 g/mol. The SMILES string of the molecule is O=C1CCc2cc(-c3csc(NC(=O)[C@@H]4CCCN(C(=O)c5ccc(Cl)cc5)C4)n3)ccc2N1. The van der Waals surface area contributed by atoms with Gasteiger partial charge in [-0.25, -0.2) is 4.98 Å². The fourth-order valence-electron chi connectivity index (χ4n) is 4.36. The molecule has 7 nitrogen and oxygen atoms in total. The third kappa shape index (κ3) is 4.83. The van der Waals surface area contributed by atoms with Gasteiger partial charge < -0.3 is 15.5 Å². The molecule has 3 aromatic rings. The first-order chi connectivity index (χ1) is 16.5. The highest BCUT2D eigenvalue weighted by molar-refractivity contribution is 7.14. The minimum atomic E-state index is -0.287. The minimum absolute atomic E-state index is 0.0371. The zero-order chi connectivity index (χ0) is 23.7. The molecule has 2 aromatic carbocycles. The van der Waals surface area contributed by atoms with Crippen LogP contribution in [0.25, 0.3) is 11.3 Å². The molecule has 0 saturated carbocycles. The largest absolute Gasteiger partial charge is 0.338 e. The molecule has 0 bridgehead atoms. The quantitative estimate of drug-likeness (QED) is 0.543. The second kappa shape index (κ2) is 9.56. The lowest BCUT2D eigenvalue weighted by Gasteiger charge is -2.32. The van der Waals surface area contributed by atoms with Gasteiger partial charge in [0.25, 0.3) is 5.91 Å². The summed E-state index contributed by atoms with van der Waals surface area (Å²) in [6, 6.07) is 12.7. The molecule has 2 aliphatic heterocycles. The third-order valence-electron chi connectivity index (χ3n) is 6.20. The molecular formula is C25H23ClN4O3S. The van der Waals surface area contributed by atoms with Crippen molar-refractivity contribution >= 4 is 51.5 Å². The average molecular weight is 495 g/mol. The van der Waals surface area contributed by atoms with E-state index in [2.05, 4.69) is 15.6 Å². The predicted molar refractivity (Wildman–Crippen MR) is 133 cm³/mol. The van der Waals surface area contributed by atoms with Crippen molar-refractivity contribution in [1.82, 2.24) is 9.88 Å². The van der Waals surface area contributed by atoms with E-state index in [1.54, 1.807) is 29.2 Å². The first kappa shape index (κ1) is 22.6. The van der Waals surface area contributed by atoms with Gasteiger partial charge in [0.1, 0.15) is 0 Å². The van der Waals surface area contributed by atoms with Crippen LogP contribution in [0.4, 0.5) is 10.8 Å². The topological polar surface area (TPSA) is 91.4 Å². The summed E-state index contributed by atoms with van der Waals surface area (Å²) in [7, 11) is 0. The highest BCUT2D eigenvalue weighted by Gasteiger charge is 2.29. The smallest absolute Gasteiger partial charge is 0.253 e. The lowest BCUT2D eigenvalue weighted by atomic mass is 9.96. The maximum atomic E-state index is 12.9. The molecule has 1 fully saturated rings. The summed E-state index contributed by atoms with van der Waals surface area (Å²) in [5, 5.41) is 8.84. The number of rotatable bonds is 4. The standard InChI is InChI=1S/C25H23ClN4O3S/c26-19-7-3-15(4-8-19)24(33)30-11-1-2-18(13-30)23(32)29-25-28-21(14-34-25)17-5-9-20-16(12-17)6-10-22(31)27-20/h3-5,7-9,12,14,18H,1-2,6,10-11,13H2,(H,27,31)(H,28,29,32)/t18-/m1/s1. The lowest BCUT2D eigenvalue weighted by molar-refractivity contribution is -0.121. The summed E-state index contributed by atoms with van der Waals surface area (Å²) in [5.41, 5.74) is 4.23. The van der Waals surface area contributed by atoms with Crippen LogP contribution in [0.1, 0.15) is 35.2 Å². The van der Waals surface area contributed by atoms with E-state index in [9.17, 15) is 14.4 Å². The van der Waals surface area contributed by atoms with E-state index in [4.69, 9.17) is 11.6 Å². The van der Waals surface area contributed by atoms with E-state index < -0.39 is 0 Å². The van der Waals surface area contributed by atoms with Crippen LogP contribution in [0.2, 0.25) is 5.02 Å². The number of halogens is 1. The Morgan fingerprint density at radius 3 is 2.79 bits per heavy atom. The van der Waals surface area contributed by atoms with Crippen LogP contribution in [0.15, 0.2) is 47.8 Å². The van der Waals surface area contributed by atoms with Gasteiger partial charge in [-0.15, -0.1) is 11.3 Å². The summed E-state index contributed by atoms with van der Waals surface area (Å²) < 4.78 is 0. The number of hydrogen-bond donors (Lipinski definition) is 2. The Balaban J connectivity index is 1.23. The van der Waals surface area contributed by atoms with Gasteiger partial charge in [0.15, 0.2) is 5.13 Å². The zero-order valence-electron chi connectivity index (χ0n) is 18.3. The number of carbonyl (C=O) groups excluding carboxylic acids is 3. The fourth-order valence-corrected chi connectivity index (χ4v) is 5.21. The van der Waals surface area contributed by atoms with E-state index in [0.29, 0.717) is 41.6 Å². The molecule has 2 aliphatic rings. The number of amides is 3. The van der Waals surface area contributed by atoms with Crippen LogP contribution in [0, 0.1) is 5.92 Å². The Kier molecular flexibility index (Phi) is 6.34. The van der Waals surface area contributed by atoms with Crippen molar-refractivity contribution in [2.45, 2.75) is 25.7 Å². The molecule has 5 rings (SSSR count). The molecule has 0 unspecified atom stereocenters. The van der Waals surface area contributed by atoms with E-state index in [1.165, 1.54) is 11.3 Å². The van der Waals surface area contributed by atoms with E-state index in [-0.39, 0.29) is 23.6 Å². The second-order valence-electron chi connectivity index (χ2n) is 8.54. The number of piperidine rings is 1. The molecule has 1 atom stereocenters. The first-order valence-corrected chi connectivity index (χ1v) is 12.5. The summed E-state index contributed by atoms with van der Waals surface area (Å²) >= 11 is 7.30. The predicted octanol–water partition coefficient (Wildman–Crippen LogP) is 4.84. The van der Waals surface area contributed by atoms with Gasteiger partial charge in [0.05, 0.1) is 11.6 Å². The Morgan fingerprint density at radius 1 is 1.15 bits per heavy atom. The molecule has 3 heterocycles. The highest BCUT2D eigenvalue weighted by atomic mass is 35.5. The molecule has 0 spiro atoms. The number of carbonyl (C=O) groups is 3. The Hall–Kier alpha value is -3.23. The highest BCUT2D eigenvalue weighted by Crippen LogP contribution is 2.31. The number of benzene rings is 2. The normalized spacial score (nSPS) is 17.6. The first-order valence-electron chi connectivity index (χ1n) is 11.2. The van der Waals surface area contributed by atoms with Crippen molar-refractivity contribution < 1.29 is 14.4 Å². The zero-order valence-corrected chi connectivity index (χ0v) is 19.9. The van der Waals surface area contributed by atoms with E-state index >= 15 is 0 Å². The van der Waals surface area contributed by atoms with Crippen LogP contribution in [-0.2, 0) is 16.0 Å². The van der Waals surface area contributed by atoms with Crippen LogP contribution in [0.3, 0.4) is 0 Å². The summed E-state index contributed by atoms with van der Waals surface area (Å²) in [4.78, 5) is 43.7. The molecule has 1 saturated heterocycles. The maximum absolute atomic E-state index is 12.9. The van der Waals surface area contributed by atoms with Gasteiger partial charge in [-0.2, -0.15) is 0 Å². The number of likely N-dealkylation sites (tertiary alicyclic amines) is 1. The molecule has 0 radical (unpaired) electrons. The van der Waals surface area contributed by atoms with Crippen LogP contribution in [-0.4, -0.2) is 40.7 Å². The number of nitrogens with one attached hydrogen (secondary N) is 2. The second-order valence-corrected chi connectivity index (χ2v) is 9.84. The Labute approximate surface area is 206 Å². The number of aryl methyl sites for hydroxylation is 1. The van der Waals surface area contributed by atoms with Crippen LogP contribution >= 0.6 is 22.9 Å². The van der Waals surface area contributed by atoms with E-state index in [1.807, 2.05) is 23.6 Å². The summed E-state index contributed by atoms with van der Waals surface area (Å²) in [6.45, 7) is 1.01. The van der Waals surface area contributed by atoms with Gasteiger partial charge in [-0.3, -0.25) is 14.4 Å². The molecule has 34 heavy (non-hydrogen) atoms. The Bertz CT molecular complexity index is 1260. The van der Waals surface area contributed by atoms with Crippen molar-refractivity contribution in [1.29, 1.82) is 0 Å². The molecule has 3 amide bonds. The molecule has 9 heteroatoms. The van der Waals surface area contributed by atoms with Crippen molar-refractivity contribution in [2.75, 3.05) is 23.7 Å². The Morgan fingerprint density at radius 2 is 1.97 bits per heavy atom. The monoisotopic (exact) mass is 494 g/mol. The molecule has 174 valence electrons. The van der Waals surface area contributed by atoms with Crippen molar-refractivity contribution in [3.63, 3.8) is 0 Å². The van der Waals surface area contributed by atoms with Gasteiger partial charge in [0, 0.05) is 46.7 Å². The molecule has 1 aromatic heterocycles. The van der Waals surface area contributed by atoms with Crippen molar-refractivity contribution in [2.24, 2.45) is 5.92 Å². The molecule has 2 N–H and O–H groups in total. The lowest BCUT2D eigenvalue weighted by Crippen LogP contribution is -2.43. The number of aromatic nitrogens is 1. The summed E-state index contributed by atoms with van der Waals surface area (Å²) in [5.74, 6) is -0.461. The van der Waals surface area contributed by atoms with Crippen molar-refractivity contribution in [3.05, 3.63) is 64.0 Å². The van der Waals surface area contributed by atoms with Crippen LogP contribution in [0.5, 0.6) is 0 Å². The fraction of sp³-hybridized carbons (Fsp3) is 0.280. The number of fused-ring (bicyclic) bond motifs is 1.